The third-order valence-corrected chi connectivity index (χ3v) is 11.6. The van der Waals surface area contributed by atoms with Crippen LogP contribution in [-0.2, 0) is 18.6 Å². The second-order valence-corrected chi connectivity index (χ2v) is 14.9. The van der Waals surface area contributed by atoms with Crippen LogP contribution in [0, 0.1) is 28.6 Å². The molecule has 202 valence electrons. The van der Waals surface area contributed by atoms with Gasteiger partial charge in [0.25, 0.3) is 0 Å². The van der Waals surface area contributed by atoms with Crippen molar-refractivity contribution in [1.82, 2.24) is 0 Å². The highest BCUT2D eigenvalue weighted by Gasteiger charge is 2.63. The van der Waals surface area contributed by atoms with E-state index in [0.29, 0.717) is 13.2 Å². The highest BCUT2D eigenvalue weighted by atomic mass is 28.3. The van der Waals surface area contributed by atoms with Crippen molar-refractivity contribution in [1.29, 1.82) is 0 Å². The average molecular weight is 525 g/mol. The minimum Gasteiger partial charge on any atom is -0.410 e. The van der Waals surface area contributed by atoms with E-state index in [4.69, 9.17) is 18.6 Å². The average Bonchev–Trinajstić information content (AvgIpc) is 3.23. The maximum atomic E-state index is 11.0. The summed E-state index contributed by atoms with van der Waals surface area (Å²) in [4.78, 5) is 0. The summed E-state index contributed by atoms with van der Waals surface area (Å²) >= 11 is 0. The van der Waals surface area contributed by atoms with E-state index in [1.54, 1.807) is 0 Å². The Bertz CT molecular complexity index is 950. The third-order valence-electron chi connectivity index (χ3n) is 9.12. The van der Waals surface area contributed by atoms with Crippen molar-refractivity contribution in [2.24, 2.45) is 28.6 Å². The van der Waals surface area contributed by atoms with Gasteiger partial charge in [0.2, 0.25) is 9.04 Å². The lowest BCUT2D eigenvalue weighted by Gasteiger charge is -2.49. The van der Waals surface area contributed by atoms with Gasteiger partial charge in [-0.3, -0.25) is 0 Å². The molecule has 0 radical (unpaired) electrons. The summed E-state index contributed by atoms with van der Waals surface area (Å²) in [6.45, 7) is 11.0. The molecule has 5 rings (SSSR count). The van der Waals surface area contributed by atoms with Crippen LogP contribution >= 0.6 is 0 Å². The Kier molecular flexibility index (Phi) is 8.25. The van der Waals surface area contributed by atoms with Crippen LogP contribution in [0.4, 0.5) is 0 Å². The molecule has 3 aliphatic rings. The van der Waals surface area contributed by atoms with Gasteiger partial charge >= 0.3 is 0 Å². The molecule has 1 saturated carbocycles. The molecule has 5 nitrogen and oxygen atoms in total. The minimum atomic E-state index is -1.93. The van der Waals surface area contributed by atoms with E-state index < -0.39 is 15.3 Å². The number of hydrogen-bond donors (Lipinski definition) is 1. The van der Waals surface area contributed by atoms with Crippen LogP contribution in [-0.4, -0.2) is 52.7 Å². The predicted octanol–water partition coefficient (Wildman–Crippen LogP) is 4.11. The molecule has 2 heterocycles. The molecule has 2 aliphatic heterocycles. The summed E-state index contributed by atoms with van der Waals surface area (Å²) in [5.74, 6) is 0.462. The lowest BCUT2D eigenvalue weighted by Crippen LogP contribution is -2.55. The summed E-state index contributed by atoms with van der Waals surface area (Å²) in [6, 6.07) is 21.3. The summed E-state index contributed by atoms with van der Waals surface area (Å²) in [6.07, 6.45) is 3.17. The zero-order chi connectivity index (χ0) is 26.0. The van der Waals surface area contributed by atoms with Crippen molar-refractivity contribution in [3.8, 4) is 0 Å². The zero-order valence-corrected chi connectivity index (χ0v) is 24.0. The van der Waals surface area contributed by atoms with E-state index in [9.17, 15) is 5.11 Å². The van der Waals surface area contributed by atoms with Crippen molar-refractivity contribution >= 4 is 19.4 Å². The number of benzene rings is 2. The van der Waals surface area contributed by atoms with Gasteiger partial charge in [0.15, 0.2) is 12.6 Å². The second-order valence-electron chi connectivity index (χ2n) is 12.4. The van der Waals surface area contributed by atoms with Crippen LogP contribution < -0.4 is 10.4 Å². The summed E-state index contributed by atoms with van der Waals surface area (Å²) < 4.78 is 25.8. The molecule has 37 heavy (non-hydrogen) atoms. The van der Waals surface area contributed by atoms with Crippen LogP contribution in [0.2, 0.25) is 0 Å². The van der Waals surface area contributed by atoms with Crippen molar-refractivity contribution in [2.45, 2.75) is 72.1 Å². The zero-order valence-electron chi connectivity index (χ0n) is 22.8. The summed E-state index contributed by atoms with van der Waals surface area (Å²) in [7, 11) is -1.93. The standard InChI is InChI=1S/C31H44O5Si/c1-22-29(32)34-20-25-28(30(2,3)4)26(36-27-17-11-12-18-33-27)19-31(22,25)21-35-37(23-13-7-5-8-14-23)24-15-9-6-10-16-24/h5-10,13-16,22,25-29,32,37H,11-12,17-21H2,1-4H3. The van der Waals surface area contributed by atoms with E-state index in [1.807, 2.05) is 0 Å². The maximum Gasteiger partial charge on any atom is 0.239 e. The Morgan fingerprint density at radius 3 is 2.19 bits per heavy atom. The third kappa shape index (κ3) is 5.61. The smallest absolute Gasteiger partial charge is 0.239 e. The van der Waals surface area contributed by atoms with Crippen LogP contribution in [0.3, 0.4) is 0 Å². The Morgan fingerprint density at radius 2 is 1.62 bits per heavy atom. The maximum absolute atomic E-state index is 11.0. The second kappa shape index (κ2) is 11.3. The molecule has 7 unspecified atom stereocenters. The first-order chi connectivity index (χ1) is 17.8. The molecule has 0 spiro atoms. The molecule has 3 fully saturated rings. The fourth-order valence-electron chi connectivity index (χ4n) is 7.18. The molecule has 7 atom stereocenters. The number of hydrogen-bond acceptors (Lipinski definition) is 5. The SMILES string of the molecule is CC1C(O)OCC2C(C(C)(C)C)C(OC3CCCCO3)CC12CO[SiH](c1ccccc1)c1ccccc1. The van der Waals surface area contributed by atoms with Gasteiger partial charge < -0.3 is 23.7 Å². The van der Waals surface area contributed by atoms with E-state index in [-0.39, 0.29) is 41.0 Å². The molecular weight excluding hydrogens is 480 g/mol. The number of rotatable bonds is 7. The van der Waals surface area contributed by atoms with Gasteiger partial charge in [0.05, 0.1) is 12.7 Å². The summed E-state index contributed by atoms with van der Waals surface area (Å²) in [5, 5.41) is 13.5. The minimum absolute atomic E-state index is 0.0206. The number of aliphatic hydroxyl groups excluding tert-OH is 1. The van der Waals surface area contributed by atoms with Gasteiger partial charge in [-0.15, -0.1) is 0 Å². The summed E-state index contributed by atoms with van der Waals surface area (Å²) in [5.41, 5.74) is -0.212. The molecule has 0 bridgehead atoms. The molecule has 2 saturated heterocycles. The Morgan fingerprint density at radius 1 is 0.973 bits per heavy atom. The van der Waals surface area contributed by atoms with Gasteiger partial charge in [-0.25, -0.2) is 0 Å². The van der Waals surface area contributed by atoms with Gasteiger partial charge in [-0.1, -0.05) is 88.4 Å². The predicted molar refractivity (Wildman–Crippen MR) is 148 cm³/mol. The lowest BCUT2D eigenvalue weighted by atomic mass is 9.63. The van der Waals surface area contributed by atoms with Crippen molar-refractivity contribution in [3.05, 3.63) is 60.7 Å². The number of fused-ring (bicyclic) bond motifs is 1. The fraction of sp³-hybridized carbons (Fsp3) is 0.613. The van der Waals surface area contributed by atoms with Crippen LogP contribution in [0.1, 0.15) is 53.4 Å². The molecular formula is C31H44O5Si. The highest BCUT2D eigenvalue weighted by Crippen LogP contribution is 2.60. The van der Waals surface area contributed by atoms with Gasteiger partial charge in [0, 0.05) is 24.5 Å². The van der Waals surface area contributed by atoms with Crippen molar-refractivity contribution < 1.29 is 23.7 Å². The van der Waals surface area contributed by atoms with E-state index in [1.165, 1.54) is 10.4 Å². The van der Waals surface area contributed by atoms with Crippen LogP contribution in [0.5, 0.6) is 0 Å². The van der Waals surface area contributed by atoms with E-state index >= 15 is 0 Å². The van der Waals surface area contributed by atoms with E-state index in [0.717, 1.165) is 32.3 Å². The van der Waals surface area contributed by atoms with Gasteiger partial charge in [0.1, 0.15) is 0 Å². The van der Waals surface area contributed by atoms with Gasteiger partial charge in [-0.05, 0) is 53.3 Å². The molecule has 0 aromatic heterocycles. The van der Waals surface area contributed by atoms with Crippen LogP contribution in [0.15, 0.2) is 60.7 Å². The van der Waals surface area contributed by atoms with Crippen molar-refractivity contribution in [2.75, 3.05) is 19.8 Å². The molecule has 2 aromatic rings. The van der Waals surface area contributed by atoms with Crippen LogP contribution in [0.25, 0.3) is 0 Å². The normalized spacial score (nSPS) is 34.4. The molecule has 2 aromatic carbocycles. The highest BCUT2D eigenvalue weighted by molar-refractivity contribution is 6.80. The quantitative estimate of drug-likeness (QED) is 0.553. The Balaban J connectivity index is 1.47. The Labute approximate surface area is 224 Å². The lowest BCUT2D eigenvalue weighted by molar-refractivity contribution is -0.232. The van der Waals surface area contributed by atoms with Gasteiger partial charge in [-0.2, -0.15) is 0 Å². The monoisotopic (exact) mass is 524 g/mol. The Hall–Kier alpha value is -1.54. The van der Waals surface area contributed by atoms with E-state index in [2.05, 4.69) is 88.4 Å². The molecule has 1 N–H and O–H groups in total. The first-order valence-electron chi connectivity index (χ1n) is 14.1. The first kappa shape index (κ1) is 27.0. The topological polar surface area (TPSA) is 57.2 Å². The molecule has 6 heteroatoms. The molecule has 0 amide bonds. The van der Waals surface area contributed by atoms with Crippen molar-refractivity contribution in [3.63, 3.8) is 0 Å². The number of ether oxygens (including phenoxy) is 3. The number of aliphatic hydroxyl groups is 1. The fourth-order valence-corrected chi connectivity index (χ4v) is 9.57. The first-order valence-corrected chi connectivity index (χ1v) is 15.7. The molecule has 1 aliphatic carbocycles. The largest absolute Gasteiger partial charge is 0.410 e.